The molecule has 0 heterocycles. The van der Waals surface area contributed by atoms with Crippen LogP contribution in [0.4, 0.5) is 0 Å². The first-order valence-electron chi connectivity index (χ1n) is 4.36. The van der Waals surface area contributed by atoms with E-state index in [4.69, 9.17) is 34.8 Å². The molecule has 0 nitrogen and oxygen atoms in total. The Balaban J connectivity index is 2.69. The molecule has 0 fully saturated rings. The summed E-state index contributed by atoms with van der Waals surface area (Å²) in [5.41, 5.74) is 1.24. The number of hydrogen-bond donors (Lipinski definition) is 0. The number of benzene rings is 1. The summed E-state index contributed by atoms with van der Waals surface area (Å²) in [7, 11) is 0. The third-order valence-corrected chi connectivity index (χ3v) is 3.05. The molecule has 1 atom stereocenters. The largest absolute Gasteiger partial charge is 0.121 e. The van der Waals surface area contributed by atoms with Crippen molar-refractivity contribution in [3.8, 4) is 0 Å². The van der Waals surface area contributed by atoms with Crippen LogP contribution in [0.2, 0.25) is 0 Å². The quantitative estimate of drug-likeness (QED) is 0.702. The van der Waals surface area contributed by atoms with E-state index in [0.29, 0.717) is 17.4 Å². The summed E-state index contributed by atoms with van der Waals surface area (Å²) in [5.74, 6) is 0.330. The minimum atomic E-state index is 0.162. The van der Waals surface area contributed by atoms with Gasteiger partial charge < -0.3 is 0 Å². The molecular formula is C11H11Cl3. The number of allylic oxidation sites excluding steroid dienone is 1. The topological polar surface area (TPSA) is 0 Å². The molecule has 0 saturated carbocycles. The van der Waals surface area contributed by atoms with E-state index in [1.807, 2.05) is 18.2 Å². The van der Waals surface area contributed by atoms with E-state index in [-0.39, 0.29) is 4.49 Å². The molecular weight excluding hydrogens is 238 g/mol. The zero-order valence-electron chi connectivity index (χ0n) is 7.81. The molecule has 76 valence electrons. The number of hydrogen-bond acceptors (Lipinski definition) is 0. The van der Waals surface area contributed by atoms with Crippen molar-refractivity contribution in [1.29, 1.82) is 0 Å². The van der Waals surface area contributed by atoms with Crippen LogP contribution in [0.15, 0.2) is 39.9 Å². The van der Waals surface area contributed by atoms with Crippen molar-refractivity contribution in [1.82, 2.24) is 0 Å². The van der Waals surface area contributed by atoms with Gasteiger partial charge in [-0.05, 0) is 17.9 Å². The molecule has 0 spiro atoms. The lowest BCUT2D eigenvalue weighted by Gasteiger charge is -2.10. The van der Waals surface area contributed by atoms with Gasteiger partial charge in [0.05, 0.1) is 0 Å². The van der Waals surface area contributed by atoms with Crippen LogP contribution < -0.4 is 0 Å². The average molecular weight is 250 g/mol. The molecule has 0 saturated heterocycles. The lowest BCUT2D eigenvalue weighted by atomic mass is 9.98. The Hall–Kier alpha value is -0.170. The van der Waals surface area contributed by atoms with Crippen LogP contribution in [-0.4, -0.2) is 0 Å². The van der Waals surface area contributed by atoms with Crippen LogP contribution in [0.5, 0.6) is 0 Å². The van der Waals surface area contributed by atoms with E-state index in [1.54, 1.807) is 0 Å². The molecule has 0 aliphatic carbocycles. The maximum Gasteiger partial charge on any atom is 0.121 e. The molecule has 0 bridgehead atoms. The van der Waals surface area contributed by atoms with Crippen molar-refractivity contribution in [3.05, 3.63) is 45.4 Å². The zero-order chi connectivity index (χ0) is 10.6. The van der Waals surface area contributed by atoms with Gasteiger partial charge >= 0.3 is 0 Å². The van der Waals surface area contributed by atoms with Gasteiger partial charge in [-0.25, -0.2) is 0 Å². The summed E-state index contributed by atoms with van der Waals surface area (Å²) >= 11 is 17.0. The Labute approximate surface area is 99.5 Å². The molecule has 0 aromatic heterocycles. The lowest BCUT2D eigenvalue weighted by Crippen LogP contribution is -1.93. The molecule has 14 heavy (non-hydrogen) atoms. The Morgan fingerprint density at radius 3 is 2.21 bits per heavy atom. The minimum absolute atomic E-state index is 0.162. The predicted molar refractivity (Wildman–Crippen MR) is 64.1 cm³/mol. The van der Waals surface area contributed by atoms with Crippen molar-refractivity contribution in [2.45, 2.75) is 19.3 Å². The van der Waals surface area contributed by atoms with Gasteiger partial charge in [0.2, 0.25) is 0 Å². The third kappa shape index (κ3) is 3.53. The maximum atomic E-state index is 5.88. The van der Waals surface area contributed by atoms with Gasteiger partial charge in [-0.3, -0.25) is 0 Å². The normalized spacial score (nSPS) is 12.3. The molecule has 3 heteroatoms. The summed E-state index contributed by atoms with van der Waals surface area (Å²) in [4.78, 5) is 0. The highest BCUT2D eigenvalue weighted by Crippen LogP contribution is 2.29. The molecule has 1 unspecified atom stereocenters. The molecule has 1 rings (SSSR count). The molecule has 1 aromatic carbocycles. The van der Waals surface area contributed by atoms with Gasteiger partial charge in [-0.1, -0.05) is 72.1 Å². The summed E-state index contributed by atoms with van der Waals surface area (Å²) in [6, 6.07) is 10.1. The predicted octanol–water partition coefficient (Wildman–Crippen LogP) is 5.07. The maximum absolute atomic E-state index is 5.88. The Morgan fingerprint density at radius 2 is 1.71 bits per heavy atom. The molecule has 1 aromatic rings. The fourth-order valence-electron chi connectivity index (χ4n) is 1.25. The van der Waals surface area contributed by atoms with Crippen molar-refractivity contribution in [3.63, 3.8) is 0 Å². The van der Waals surface area contributed by atoms with Crippen LogP contribution in [0.3, 0.4) is 0 Å². The highest BCUT2D eigenvalue weighted by atomic mass is 35.5. The Morgan fingerprint density at radius 1 is 1.14 bits per heavy atom. The first-order valence-corrected chi connectivity index (χ1v) is 5.49. The SMILES string of the molecule is CC(CC(Cl)=C(Cl)Cl)c1ccccc1. The van der Waals surface area contributed by atoms with E-state index < -0.39 is 0 Å². The number of rotatable bonds is 3. The summed E-state index contributed by atoms with van der Waals surface area (Å²) in [5, 5.41) is 0.518. The molecule has 0 amide bonds. The van der Waals surface area contributed by atoms with Crippen LogP contribution >= 0.6 is 34.8 Å². The second-order valence-corrected chi connectivity index (χ2v) is 4.59. The molecule has 0 radical (unpaired) electrons. The molecule has 0 N–H and O–H groups in total. The first-order chi connectivity index (χ1) is 6.61. The van der Waals surface area contributed by atoms with Crippen LogP contribution in [0.25, 0.3) is 0 Å². The highest BCUT2D eigenvalue weighted by Gasteiger charge is 2.08. The van der Waals surface area contributed by atoms with Crippen LogP contribution in [-0.2, 0) is 0 Å². The van der Waals surface area contributed by atoms with E-state index in [0.717, 1.165) is 0 Å². The summed E-state index contributed by atoms with van der Waals surface area (Å²) < 4.78 is 0.162. The zero-order valence-corrected chi connectivity index (χ0v) is 10.1. The van der Waals surface area contributed by atoms with E-state index in [9.17, 15) is 0 Å². The van der Waals surface area contributed by atoms with Gasteiger partial charge in [-0.15, -0.1) is 0 Å². The van der Waals surface area contributed by atoms with Crippen LogP contribution in [0.1, 0.15) is 24.8 Å². The second-order valence-electron chi connectivity index (χ2n) is 3.18. The van der Waals surface area contributed by atoms with Gasteiger partial charge in [0.25, 0.3) is 0 Å². The van der Waals surface area contributed by atoms with E-state index >= 15 is 0 Å². The smallest absolute Gasteiger partial charge is 0.0865 e. The Bertz CT molecular complexity index is 313. The monoisotopic (exact) mass is 248 g/mol. The van der Waals surface area contributed by atoms with E-state index in [1.165, 1.54) is 5.56 Å². The van der Waals surface area contributed by atoms with Crippen molar-refractivity contribution >= 4 is 34.8 Å². The van der Waals surface area contributed by atoms with Gasteiger partial charge in [0, 0.05) is 5.03 Å². The molecule has 0 aliphatic rings. The Kier molecular flexibility index (Phi) is 4.80. The summed E-state index contributed by atoms with van der Waals surface area (Å²) in [6.45, 7) is 2.09. The van der Waals surface area contributed by atoms with E-state index in [2.05, 4.69) is 19.1 Å². The van der Waals surface area contributed by atoms with Crippen LogP contribution in [0, 0.1) is 0 Å². The lowest BCUT2D eigenvalue weighted by molar-refractivity contribution is 0.772. The van der Waals surface area contributed by atoms with Gasteiger partial charge in [0.1, 0.15) is 4.49 Å². The molecule has 0 aliphatic heterocycles. The fraction of sp³-hybridized carbons (Fsp3) is 0.273. The first kappa shape index (κ1) is 11.9. The average Bonchev–Trinajstić information content (AvgIpc) is 2.19. The third-order valence-electron chi connectivity index (χ3n) is 2.06. The van der Waals surface area contributed by atoms with Crippen molar-refractivity contribution < 1.29 is 0 Å². The van der Waals surface area contributed by atoms with Gasteiger partial charge in [-0.2, -0.15) is 0 Å². The fourth-order valence-corrected chi connectivity index (χ4v) is 1.63. The standard InChI is InChI=1S/C11H11Cl3/c1-8(7-10(12)11(13)14)9-5-3-2-4-6-9/h2-6,8H,7H2,1H3. The van der Waals surface area contributed by atoms with Crippen molar-refractivity contribution in [2.24, 2.45) is 0 Å². The van der Waals surface area contributed by atoms with Gasteiger partial charge in [0.15, 0.2) is 0 Å². The van der Waals surface area contributed by atoms with Crippen molar-refractivity contribution in [2.75, 3.05) is 0 Å². The second kappa shape index (κ2) is 5.65. The number of halogens is 3. The minimum Gasteiger partial charge on any atom is -0.0865 e. The highest BCUT2D eigenvalue weighted by molar-refractivity contribution is 6.59. The summed E-state index contributed by atoms with van der Waals surface area (Å²) in [6.07, 6.45) is 0.675.